The molecule has 0 aliphatic heterocycles. The summed E-state index contributed by atoms with van der Waals surface area (Å²) in [6.07, 6.45) is -6.82. The number of likely N-dealkylation sites (N-methyl/N-ethyl adjacent to an activating group) is 2. The van der Waals surface area contributed by atoms with Gasteiger partial charge < -0.3 is 66.8 Å². The van der Waals surface area contributed by atoms with E-state index in [0.29, 0.717) is 0 Å². The number of hydrogen-bond acceptors (Lipinski definition) is 13. The number of anilines is 2. The minimum absolute atomic E-state index is 0.0402. The molecule has 25 heteroatoms. The van der Waals surface area contributed by atoms with E-state index < -0.39 is 79.2 Å². The summed E-state index contributed by atoms with van der Waals surface area (Å²) in [5.74, 6) is -4.51. The summed E-state index contributed by atoms with van der Waals surface area (Å²) in [4.78, 5) is 82.3. The van der Waals surface area contributed by atoms with Crippen molar-refractivity contribution in [3.63, 3.8) is 0 Å². The molecule has 0 bridgehead atoms. The van der Waals surface area contributed by atoms with E-state index >= 15 is 0 Å². The van der Waals surface area contributed by atoms with Crippen molar-refractivity contribution >= 4 is 182 Å². The fourth-order valence-electron chi connectivity index (χ4n) is 4.74. The summed E-state index contributed by atoms with van der Waals surface area (Å²) in [7, 11) is 2.73. The van der Waals surface area contributed by atoms with Crippen LogP contribution in [-0.4, -0.2) is 165 Å². The Morgan fingerprint density at radius 1 is 0.517 bits per heavy atom. The van der Waals surface area contributed by atoms with Gasteiger partial charge in [0, 0.05) is 47.4 Å². The van der Waals surface area contributed by atoms with Gasteiger partial charge in [-0.3, -0.25) is 28.8 Å². The Kier molecular flexibility index (Phi) is 22.4. The van der Waals surface area contributed by atoms with Crippen LogP contribution < -0.4 is 21.3 Å². The van der Waals surface area contributed by atoms with E-state index in [4.69, 9.17) is 0 Å². The Labute approximate surface area is 414 Å². The van der Waals surface area contributed by atoms with E-state index in [2.05, 4.69) is 21.3 Å². The summed E-state index contributed by atoms with van der Waals surface area (Å²) in [6, 6.07) is 0. The molecule has 322 valence electrons. The number of nitrogens with one attached hydrogen (secondary N) is 4. The molecule has 0 saturated heterocycles. The van der Waals surface area contributed by atoms with Crippen molar-refractivity contribution in [2.75, 3.05) is 64.1 Å². The molecule has 19 nitrogen and oxygen atoms in total. The van der Waals surface area contributed by atoms with Crippen LogP contribution in [0.2, 0.25) is 0 Å². The monoisotopic (exact) mass is 1490 g/mol. The second-order valence-corrected chi connectivity index (χ2v) is 19.1. The van der Waals surface area contributed by atoms with Gasteiger partial charge in [-0.25, -0.2) is 0 Å². The molecule has 11 N–H and O–H groups in total. The molecule has 0 saturated carbocycles. The molecule has 0 radical (unpaired) electrons. The zero-order valence-corrected chi connectivity index (χ0v) is 43.8. The maximum atomic E-state index is 14.1. The summed E-state index contributed by atoms with van der Waals surface area (Å²) >= 11 is 10.8. The van der Waals surface area contributed by atoms with Gasteiger partial charge in [-0.2, -0.15) is 0 Å². The quantitative estimate of drug-likeness (QED) is 0.0899. The largest absolute Gasteiger partial charge is 0.394 e. The lowest BCUT2D eigenvalue weighted by atomic mass is 10.1. The molecule has 0 aliphatic carbocycles. The Balaban J connectivity index is 2.53. The molecule has 0 heterocycles. The molecular formula is C33H40I6N6O13. The fourth-order valence-corrected chi connectivity index (χ4v) is 13.5. The highest BCUT2D eigenvalue weighted by Crippen LogP contribution is 2.38. The maximum Gasteiger partial charge on any atom is 0.255 e. The first kappa shape index (κ1) is 53.5. The Bertz CT molecular complexity index is 1790. The number of rotatable bonds is 18. The third-order valence-electron chi connectivity index (χ3n) is 7.85. The van der Waals surface area contributed by atoms with Crippen molar-refractivity contribution in [2.24, 2.45) is 0 Å². The van der Waals surface area contributed by atoms with Crippen LogP contribution in [0.3, 0.4) is 0 Å². The van der Waals surface area contributed by atoms with Crippen LogP contribution in [-0.2, 0) is 9.59 Å². The van der Waals surface area contributed by atoms with Crippen LogP contribution in [0, 0.1) is 21.4 Å². The average molecular weight is 1490 g/mol. The van der Waals surface area contributed by atoms with Crippen molar-refractivity contribution in [3.8, 4) is 0 Å². The number of aliphatic hydroxyl groups is 7. The lowest BCUT2D eigenvalue weighted by molar-refractivity contribution is -0.123. The van der Waals surface area contributed by atoms with Gasteiger partial charge in [0.1, 0.15) is 12.2 Å². The van der Waals surface area contributed by atoms with E-state index in [0.717, 1.165) is 9.80 Å². The SMILES string of the molecule is C[C@H](O)C(=O)Nc1c(I)c(C(=O)NCC(O)CO)c(I)c(C(=O)N(C)CC(O)CN(C)C(=O)c2c(I)c(NC(=O)[C@H](C)O)c(I)c(C(=O)NCC(O)CO)c2I)c1I. The standard InChI is InChI=1S/C33H40I6N6O13/c1-11(48)28(53)42-26-22(36)16(30(55)40-5-13(50)9-46)20(34)18(24(26)38)32(57)44(3)7-15(52)8-45(4)33(58)19-21(35)17(31(56)41-6-14(51)10-47)23(37)27(25(19)39)43-29(54)12(2)49/h11-15,46-52H,5-10H2,1-4H3,(H,40,55)(H,41,56)(H,42,53)(H,43,54)/t11-,12-,13?,14?,15?/m0/s1. The van der Waals surface area contributed by atoms with Gasteiger partial charge in [0.05, 0.1) is 79.4 Å². The third kappa shape index (κ3) is 13.7. The minimum atomic E-state index is -1.45. The Hall–Kier alpha value is -0.640. The van der Waals surface area contributed by atoms with Gasteiger partial charge in [0.25, 0.3) is 35.4 Å². The van der Waals surface area contributed by atoms with Crippen LogP contribution in [0.15, 0.2) is 0 Å². The second-order valence-electron chi connectivity index (χ2n) is 12.6. The number of carbonyl (C=O) groups is 6. The molecule has 0 spiro atoms. The number of carbonyl (C=O) groups excluding carboxylic acids is 6. The molecule has 4 atom stereocenters. The van der Waals surface area contributed by atoms with Gasteiger partial charge in [-0.1, -0.05) is 0 Å². The van der Waals surface area contributed by atoms with Crippen molar-refractivity contribution < 1.29 is 64.5 Å². The molecule has 0 aromatic heterocycles. The predicted molar refractivity (Wildman–Crippen MR) is 261 cm³/mol. The number of halogens is 6. The first-order valence-electron chi connectivity index (χ1n) is 16.6. The number of aliphatic hydroxyl groups excluding tert-OH is 7. The van der Waals surface area contributed by atoms with Crippen LogP contribution in [0.4, 0.5) is 11.4 Å². The van der Waals surface area contributed by atoms with Crippen LogP contribution in [0.1, 0.15) is 55.3 Å². The maximum absolute atomic E-state index is 14.1. The van der Waals surface area contributed by atoms with E-state index in [1.807, 2.05) is 45.2 Å². The lowest BCUT2D eigenvalue weighted by Crippen LogP contribution is -2.43. The Morgan fingerprint density at radius 2 is 0.810 bits per heavy atom. The molecule has 0 fully saturated rings. The molecular weight excluding hydrogens is 1450 g/mol. The fraction of sp³-hybridized carbons (Fsp3) is 0.455. The molecule has 2 aromatic carbocycles. The molecule has 2 unspecified atom stereocenters. The topological polar surface area (TPSA) is 299 Å². The summed E-state index contributed by atoms with van der Waals surface area (Å²) < 4.78 is 1.16. The number of benzene rings is 2. The second kappa shape index (κ2) is 24.3. The highest BCUT2D eigenvalue weighted by atomic mass is 127. The average Bonchev–Trinajstić information content (AvgIpc) is 3.15. The summed E-state index contributed by atoms with van der Waals surface area (Å²) in [5.41, 5.74) is -0.0712. The molecule has 58 heavy (non-hydrogen) atoms. The van der Waals surface area contributed by atoms with Crippen LogP contribution >= 0.6 is 136 Å². The molecule has 6 amide bonds. The predicted octanol–water partition coefficient (Wildman–Crippen LogP) is 0.324. The summed E-state index contributed by atoms with van der Waals surface area (Å²) in [6.45, 7) is -0.166. The minimum Gasteiger partial charge on any atom is -0.394 e. The van der Waals surface area contributed by atoms with E-state index in [-0.39, 0.29) is 81.2 Å². The molecule has 2 rings (SSSR count). The normalized spacial score (nSPS) is 13.7. The lowest BCUT2D eigenvalue weighted by Gasteiger charge is -2.28. The van der Waals surface area contributed by atoms with E-state index in [1.165, 1.54) is 27.9 Å². The van der Waals surface area contributed by atoms with Crippen LogP contribution in [0.5, 0.6) is 0 Å². The molecule has 2 aromatic rings. The zero-order chi connectivity index (χ0) is 44.5. The van der Waals surface area contributed by atoms with Gasteiger partial charge in [-0.05, 0) is 149 Å². The number of hydrogen-bond donors (Lipinski definition) is 11. The highest BCUT2D eigenvalue weighted by Gasteiger charge is 2.33. The van der Waals surface area contributed by atoms with E-state index in [9.17, 15) is 64.5 Å². The molecule has 0 aliphatic rings. The van der Waals surface area contributed by atoms with Gasteiger partial charge >= 0.3 is 0 Å². The number of nitrogens with zero attached hydrogens (tertiary/aromatic N) is 2. The summed E-state index contributed by atoms with van der Waals surface area (Å²) in [5, 5.41) is 79.0. The van der Waals surface area contributed by atoms with Crippen LogP contribution in [0.25, 0.3) is 0 Å². The van der Waals surface area contributed by atoms with Gasteiger partial charge in [0.15, 0.2) is 0 Å². The first-order chi connectivity index (χ1) is 26.9. The van der Waals surface area contributed by atoms with Gasteiger partial charge in [0.2, 0.25) is 0 Å². The zero-order valence-electron chi connectivity index (χ0n) is 30.9. The smallest absolute Gasteiger partial charge is 0.255 e. The highest BCUT2D eigenvalue weighted by molar-refractivity contribution is 14.1. The van der Waals surface area contributed by atoms with Crippen molar-refractivity contribution in [2.45, 2.75) is 44.4 Å². The first-order valence-corrected chi connectivity index (χ1v) is 23.1. The van der Waals surface area contributed by atoms with E-state index in [1.54, 1.807) is 90.4 Å². The van der Waals surface area contributed by atoms with Crippen molar-refractivity contribution in [1.29, 1.82) is 0 Å². The van der Waals surface area contributed by atoms with Crippen molar-refractivity contribution in [3.05, 3.63) is 43.7 Å². The van der Waals surface area contributed by atoms with Crippen molar-refractivity contribution in [1.82, 2.24) is 20.4 Å². The third-order valence-corrected chi connectivity index (χ3v) is 14.3. The number of amides is 6. The van der Waals surface area contributed by atoms with Gasteiger partial charge in [-0.15, -0.1) is 0 Å². The Morgan fingerprint density at radius 3 is 1.09 bits per heavy atom.